The van der Waals surface area contributed by atoms with E-state index in [1.807, 2.05) is 13.0 Å². The van der Waals surface area contributed by atoms with Gasteiger partial charge < -0.3 is 4.74 Å². The predicted molar refractivity (Wildman–Crippen MR) is 67.1 cm³/mol. The predicted octanol–water partition coefficient (Wildman–Crippen LogP) is 2.03. The third kappa shape index (κ3) is 2.60. The number of rotatable bonds is 3. The summed E-state index contributed by atoms with van der Waals surface area (Å²) in [5.41, 5.74) is 1.36. The Kier molecular flexibility index (Phi) is 3.47. The molecule has 0 radical (unpaired) electrons. The van der Waals surface area contributed by atoms with E-state index in [2.05, 4.69) is 20.5 Å². The van der Waals surface area contributed by atoms with Crippen LogP contribution in [-0.4, -0.2) is 28.2 Å². The summed E-state index contributed by atoms with van der Waals surface area (Å²) in [5.74, 6) is -0.160. The van der Waals surface area contributed by atoms with Gasteiger partial charge in [0.15, 0.2) is 0 Å². The Labute approximate surface area is 108 Å². The number of methoxy groups -OCH3 is 1. The van der Waals surface area contributed by atoms with Crippen molar-refractivity contribution >= 4 is 23.5 Å². The Hall–Kier alpha value is -2.08. The molecular formula is C11H11ClN4O2. The molecule has 0 atom stereocenters. The minimum Gasteiger partial charge on any atom is -0.466 e. The number of aromatic amines is 1. The van der Waals surface area contributed by atoms with Crippen LogP contribution in [0, 0.1) is 6.92 Å². The number of amides is 1. The van der Waals surface area contributed by atoms with Crippen LogP contribution in [0.25, 0.3) is 0 Å². The number of anilines is 1. The Morgan fingerprint density at radius 1 is 1.50 bits per heavy atom. The fourth-order valence-corrected chi connectivity index (χ4v) is 1.69. The van der Waals surface area contributed by atoms with E-state index in [-0.39, 0.29) is 17.9 Å². The quantitative estimate of drug-likeness (QED) is 0.891. The number of aryl methyl sites for hydroxylation is 1. The first-order chi connectivity index (χ1) is 8.60. The lowest BCUT2D eigenvalue weighted by atomic mass is 10.1. The SMILES string of the molecule is COc1n[nH]c(NC(=O)c2ccc(C)cc2Cl)n1. The molecule has 0 spiro atoms. The molecule has 1 heterocycles. The zero-order valence-corrected chi connectivity index (χ0v) is 10.6. The van der Waals surface area contributed by atoms with Crippen molar-refractivity contribution in [3.8, 4) is 6.01 Å². The number of carbonyl (C=O) groups excluding carboxylic acids is 1. The molecule has 0 bridgehead atoms. The van der Waals surface area contributed by atoms with Crippen LogP contribution in [-0.2, 0) is 0 Å². The molecule has 18 heavy (non-hydrogen) atoms. The fraction of sp³-hybridized carbons (Fsp3) is 0.182. The van der Waals surface area contributed by atoms with Gasteiger partial charge in [0.05, 0.1) is 17.7 Å². The topological polar surface area (TPSA) is 79.9 Å². The Morgan fingerprint density at radius 3 is 2.89 bits per heavy atom. The van der Waals surface area contributed by atoms with Crippen LogP contribution >= 0.6 is 11.6 Å². The van der Waals surface area contributed by atoms with Crippen LogP contribution in [0.2, 0.25) is 5.02 Å². The molecule has 94 valence electrons. The van der Waals surface area contributed by atoms with Crippen molar-refractivity contribution in [1.82, 2.24) is 15.2 Å². The van der Waals surface area contributed by atoms with E-state index in [0.717, 1.165) is 5.56 Å². The van der Waals surface area contributed by atoms with Gasteiger partial charge in [0.1, 0.15) is 0 Å². The van der Waals surface area contributed by atoms with Crippen LogP contribution in [0.1, 0.15) is 15.9 Å². The Bertz CT molecular complexity index is 582. The summed E-state index contributed by atoms with van der Waals surface area (Å²) < 4.78 is 4.79. The molecule has 2 N–H and O–H groups in total. The highest BCUT2D eigenvalue weighted by atomic mass is 35.5. The summed E-state index contributed by atoms with van der Waals surface area (Å²) in [6, 6.07) is 5.33. The minimum atomic E-state index is -0.362. The van der Waals surface area contributed by atoms with Crippen molar-refractivity contribution in [3.05, 3.63) is 34.3 Å². The van der Waals surface area contributed by atoms with Gasteiger partial charge in [-0.1, -0.05) is 17.7 Å². The van der Waals surface area contributed by atoms with Crippen molar-refractivity contribution in [2.45, 2.75) is 6.92 Å². The number of nitrogens with zero attached hydrogens (tertiary/aromatic N) is 2. The van der Waals surface area contributed by atoms with Gasteiger partial charge in [-0.15, -0.1) is 5.10 Å². The highest BCUT2D eigenvalue weighted by Gasteiger charge is 2.12. The first kappa shape index (κ1) is 12.4. The molecule has 0 unspecified atom stereocenters. The molecule has 0 fully saturated rings. The molecule has 7 heteroatoms. The van der Waals surface area contributed by atoms with E-state index in [0.29, 0.717) is 10.6 Å². The highest BCUT2D eigenvalue weighted by molar-refractivity contribution is 6.34. The smallest absolute Gasteiger partial charge is 0.336 e. The molecule has 2 aromatic rings. The summed E-state index contributed by atoms with van der Waals surface area (Å²) >= 11 is 5.99. The van der Waals surface area contributed by atoms with E-state index in [9.17, 15) is 4.79 Å². The normalized spacial score (nSPS) is 10.2. The van der Waals surface area contributed by atoms with E-state index in [1.54, 1.807) is 12.1 Å². The van der Waals surface area contributed by atoms with E-state index >= 15 is 0 Å². The summed E-state index contributed by atoms with van der Waals surface area (Å²) in [7, 11) is 1.44. The second-order valence-electron chi connectivity index (χ2n) is 3.61. The van der Waals surface area contributed by atoms with Crippen molar-refractivity contribution in [1.29, 1.82) is 0 Å². The molecule has 2 rings (SSSR count). The second-order valence-corrected chi connectivity index (χ2v) is 4.02. The number of ether oxygens (including phenoxy) is 1. The van der Waals surface area contributed by atoms with Gasteiger partial charge in [0.2, 0.25) is 5.95 Å². The van der Waals surface area contributed by atoms with Crippen LogP contribution in [0.5, 0.6) is 6.01 Å². The highest BCUT2D eigenvalue weighted by Crippen LogP contribution is 2.18. The van der Waals surface area contributed by atoms with Gasteiger partial charge in [-0.3, -0.25) is 10.1 Å². The van der Waals surface area contributed by atoms with E-state index in [1.165, 1.54) is 7.11 Å². The van der Waals surface area contributed by atoms with Crippen molar-refractivity contribution in [2.24, 2.45) is 0 Å². The second kappa shape index (κ2) is 5.05. The largest absolute Gasteiger partial charge is 0.466 e. The van der Waals surface area contributed by atoms with Crippen molar-refractivity contribution < 1.29 is 9.53 Å². The molecule has 1 aromatic carbocycles. The first-order valence-corrected chi connectivity index (χ1v) is 5.52. The zero-order valence-electron chi connectivity index (χ0n) is 9.82. The van der Waals surface area contributed by atoms with Crippen LogP contribution in [0.15, 0.2) is 18.2 Å². The van der Waals surface area contributed by atoms with Crippen molar-refractivity contribution in [2.75, 3.05) is 12.4 Å². The molecule has 0 saturated heterocycles. The number of carbonyl (C=O) groups is 1. The summed E-state index contributed by atoms with van der Waals surface area (Å²) in [5, 5.41) is 9.17. The van der Waals surface area contributed by atoms with Gasteiger partial charge in [0.25, 0.3) is 5.91 Å². The number of benzene rings is 1. The zero-order chi connectivity index (χ0) is 13.1. The molecule has 1 aromatic heterocycles. The van der Waals surface area contributed by atoms with Gasteiger partial charge >= 0.3 is 6.01 Å². The molecule has 6 nitrogen and oxygen atoms in total. The molecule has 1 amide bonds. The van der Waals surface area contributed by atoms with E-state index in [4.69, 9.17) is 16.3 Å². The molecule has 0 aliphatic heterocycles. The lowest BCUT2D eigenvalue weighted by Crippen LogP contribution is -2.13. The van der Waals surface area contributed by atoms with E-state index < -0.39 is 0 Å². The maximum absolute atomic E-state index is 11.9. The first-order valence-electron chi connectivity index (χ1n) is 5.14. The number of nitrogens with one attached hydrogen (secondary N) is 2. The summed E-state index contributed by atoms with van der Waals surface area (Å²) in [6.07, 6.45) is 0. The van der Waals surface area contributed by atoms with Crippen LogP contribution in [0.4, 0.5) is 5.95 Å². The van der Waals surface area contributed by atoms with Gasteiger partial charge in [-0.2, -0.15) is 4.98 Å². The Balaban J connectivity index is 2.16. The lowest BCUT2D eigenvalue weighted by Gasteiger charge is -2.04. The number of H-pyrrole nitrogens is 1. The third-order valence-electron chi connectivity index (χ3n) is 2.25. The average Bonchev–Trinajstić information content (AvgIpc) is 2.76. The molecular weight excluding hydrogens is 256 g/mol. The van der Waals surface area contributed by atoms with Crippen molar-refractivity contribution in [3.63, 3.8) is 0 Å². The number of halogens is 1. The van der Waals surface area contributed by atoms with Gasteiger partial charge in [-0.05, 0) is 24.6 Å². The summed E-state index contributed by atoms with van der Waals surface area (Å²) in [4.78, 5) is 15.8. The molecule has 0 aliphatic rings. The molecule has 0 saturated carbocycles. The number of hydrogen-bond acceptors (Lipinski definition) is 4. The van der Waals surface area contributed by atoms with Crippen LogP contribution in [0.3, 0.4) is 0 Å². The monoisotopic (exact) mass is 266 g/mol. The van der Waals surface area contributed by atoms with Gasteiger partial charge in [0, 0.05) is 0 Å². The number of hydrogen-bond donors (Lipinski definition) is 2. The maximum Gasteiger partial charge on any atom is 0.336 e. The fourth-order valence-electron chi connectivity index (χ4n) is 1.37. The average molecular weight is 267 g/mol. The van der Waals surface area contributed by atoms with Gasteiger partial charge in [-0.25, -0.2) is 5.10 Å². The van der Waals surface area contributed by atoms with Crippen LogP contribution < -0.4 is 10.1 Å². The third-order valence-corrected chi connectivity index (χ3v) is 2.56. The maximum atomic E-state index is 11.9. The molecule has 0 aliphatic carbocycles. The standard InChI is InChI=1S/C11H11ClN4O2/c1-6-3-4-7(8(12)5-6)9(17)13-10-14-11(18-2)16-15-10/h3-5H,1-2H3,(H2,13,14,15,16,17). The summed E-state index contributed by atoms with van der Waals surface area (Å²) in [6.45, 7) is 1.90. The Morgan fingerprint density at radius 2 is 2.28 bits per heavy atom. The minimum absolute atomic E-state index is 0.153. The lowest BCUT2D eigenvalue weighted by molar-refractivity contribution is 0.102. The number of aromatic nitrogens is 3.